The molecule has 0 aliphatic heterocycles. The van der Waals surface area contributed by atoms with Crippen molar-refractivity contribution >= 4 is 11.0 Å². The highest BCUT2D eigenvalue weighted by atomic mass is 16.5. The fourth-order valence-electron chi connectivity index (χ4n) is 3.05. The second-order valence-electron chi connectivity index (χ2n) is 5.62. The van der Waals surface area contributed by atoms with Gasteiger partial charge in [-0.05, 0) is 43.7 Å². The van der Waals surface area contributed by atoms with Crippen LogP contribution in [-0.4, -0.2) is 27.7 Å². The minimum Gasteiger partial charge on any atom is -0.381 e. The second-order valence-corrected chi connectivity index (χ2v) is 5.62. The van der Waals surface area contributed by atoms with E-state index in [0.717, 1.165) is 25.7 Å². The third kappa shape index (κ3) is 2.76. The van der Waals surface area contributed by atoms with Crippen molar-refractivity contribution in [1.29, 1.82) is 0 Å². The smallest absolute Gasteiger partial charge is 0.328 e. The monoisotopic (exact) mass is 289 g/mol. The van der Waals surface area contributed by atoms with Crippen molar-refractivity contribution in [3.05, 3.63) is 39.2 Å². The van der Waals surface area contributed by atoms with Crippen LogP contribution in [-0.2, 0) is 11.3 Å². The van der Waals surface area contributed by atoms with Gasteiger partial charge < -0.3 is 9.72 Å². The van der Waals surface area contributed by atoms with Gasteiger partial charge >= 0.3 is 5.69 Å². The van der Waals surface area contributed by atoms with E-state index in [2.05, 4.69) is 9.97 Å². The summed E-state index contributed by atoms with van der Waals surface area (Å²) in [5, 5.41) is 0. The summed E-state index contributed by atoms with van der Waals surface area (Å²) >= 11 is 0. The zero-order valence-electron chi connectivity index (χ0n) is 12.0. The molecule has 1 saturated carbocycles. The van der Waals surface area contributed by atoms with Crippen molar-refractivity contribution < 1.29 is 4.74 Å². The molecule has 0 spiro atoms. The van der Waals surface area contributed by atoms with Crippen LogP contribution in [0.3, 0.4) is 0 Å². The van der Waals surface area contributed by atoms with E-state index in [-0.39, 0.29) is 11.2 Å². The molecule has 0 amide bonds. The molecule has 21 heavy (non-hydrogen) atoms. The van der Waals surface area contributed by atoms with E-state index < -0.39 is 0 Å². The number of methoxy groups -OCH3 is 1. The Kier molecular flexibility index (Phi) is 3.88. The van der Waals surface area contributed by atoms with E-state index >= 15 is 0 Å². The Bertz CT molecular complexity index is 742. The van der Waals surface area contributed by atoms with E-state index in [4.69, 9.17) is 4.74 Å². The molecule has 2 aromatic rings. The van der Waals surface area contributed by atoms with Crippen molar-refractivity contribution in [3.63, 3.8) is 0 Å². The molecule has 0 unspecified atom stereocenters. The Morgan fingerprint density at radius 3 is 2.81 bits per heavy atom. The van der Waals surface area contributed by atoms with Gasteiger partial charge in [0.1, 0.15) is 0 Å². The first-order valence-electron chi connectivity index (χ1n) is 7.29. The molecule has 0 radical (unpaired) electrons. The number of nitrogens with one attached hydrogen (secondary N) is 1. The number of rotatable bonds is 3. The van der Waals surface area contributed by atoms with Gasteiger partial charge in [0.2, 0.25) is 0 Å². The minimum absolute atomic E-state index is 0.303. The van der Waals surface area contributed by atoms with Crippen molar-refractivity contribution in [1.82, 2.24) is 14.5 Å². The highest BCUT2D eigenvalue weighted by Crippen LogP contribution is 2.26. The van der Waals surface area contributed by atoms with Crippen LogP contribution in [0.15, 0.2) is 27.9 Å². The summed E-state index contributed by atoms with van der Waals surface area (Å²) in [6, 6.07) is 3.40. The maximum atomic E-state index is 12.4. The molecule has 1 aliphatic rings. The Morgan fingerprint density at radius 2 is 2.10 bits per heavy atom. The lowest BCUT2D eigenvalue weighted by molar-refractivity contribution is 0.0539. The van der Waals surface area contributed by atoms with Gasteiger partial charge in [-0.3, -0.25) is 9.36 Å². The van der Waals surface area contributed by atoms with Crippen LogP contribution in [0.1, 0.15) is 25.7 Å². The number of pyridine rings is 1. The topological polar surface area (TPSA) is 77.0 Å². The van der Waals surface area contributed by atoms with Gasteiger partial charge in [0, 0.05) is 19.9 Å². The van der Waals surface area contributed by atoms with Crippen LogP contribution in [0.5, 0.6) is 0 Å². The lowest BCUT2D eigenvalue weighted by Gasteiger charge is -2.27. The molecule has 6 heteroatoms. The Hall–Kier alpha value is -1.95. The van der Waals surface area contributed by atoms with Gasteiger partial charge in [0.15, 0.2) is 5.52 Å². The van der Waals surface area contributed by atoms with Gasteiger partial charge in [0.25, 0.3) is 5.56 Å². The normalized spacial score (nSPS) is 22.5. The van der Waals surface area contributed by atoms with E-state index in [0.29, 0.717) is 29.6 Å². The van der Waals surface area contributed by atoms with Gasteiger partial charge in [-0.2, -0.15) is 0 Å². The number of aromatic nitrogens is 3. The summed E-state index contributed by atoms with van der Waals surface area (Å²) in [7, 11) is 1.73. The summed E-state index contributed by atoms with van der Waals surface area (Å²) < 4.78 is 6.63. The van der Waals surface area contributed by atoms with E-state index in [1.165, 1.54) is 4.57 Å². The molecule has 3 rings (SSSR count). The van der Waals surface area contributed by atoms with Crippen LogP contribution in [0.4, 0.5) is 0 Å². The molecule has 1 N–H and O–H groups in total. The molecule has 0 aromatic carbocycles. The van der Waals surface area contributed by atoms with Crippen molar-refractivity contribution in [2.45, 2.75) is 38.3 Å². The Balaban J connectivity index is 1.88. The van der Waals surface area contributed by atoms with Gasteiger partial charge in [0.05, 0.1) is 11.6 Å². The molecule has 0 saturated heterocycles. The zero-order valence-corrected chi connectivity index (χ0v) is 12.0. The first-order valence-corrected chi connectivity index (χ1v) is 7.29. The molecular formula is C15H19N3O3. The van der Waals surface area contributed by atoms with Gasteiger partial charge in [-0.15, -0.1) is 0 Å². The fraction of sp³-hybridized carbons (Fsp3) is 0.533. The van der Waals surface area contributed by atoms with Crippen LogP contribution in [0.2, 0.25) is 0 Å². The van der Waals surface area contributed by atoms with Crippen LogP contribution in [0.25, 0.3) is 11.0 Å². The average molecular weight is 289 g/mol. The molecule has 6 nitrogen and oxygen atoms in total. The predicted molar refractivity (Wildman–Crippen MR) is 79.4 cm³/mol. The molecular weight excluding hydrogens is 270 g/mol. The third-order valence-electron chi connectivity index (χ3n) is 4.31. The lowest BCUT2D eigenvalue weighted by atomic mass is 9.87. The maximum Gasteiger partial charge on any atom is 0.328 e. The zero-order chi connectivity index (χ0) is 14.8. The van der Waals surface area contributed by atoms with Gasteiger partial charge in [-0.25, -0.2) is 9.78 Å². The fourth-order valence-corrected chi connectivity index (χ4v) is 3.05. The highest BCUT2D eigenvalue weighted by molar-refractivity contribution is 5.71. The van der Waals surface area contributed by atoms with Crippen LogP contribution in [0, 0.1) is 5.92 Å². The van der Waals surface area contributed by atoms with Crippen molar-refractivity contribution in [2.24, 2.45) is 5.92 Å². The second kappa shape index (κ2) is 5.81. The highest BCUT2D eigenvalue weighted by Gasteiger charge is 2.22. The summed E-state index contributed by atoms with van der Waals surface area (Å²) in [5.74, 6) is 0.344. The molecule has 1 aliphatic carbocycles. The van der Waals surface area contributed by atoms with E-state index in [1.807, 2.05) is 0 Å². The molecule has 2 heterocycles. The first kappa shape index (κ1) is 14.0. The maximum absolute atomic E-state index is 12.4. The van der Waals surface area contributed by atoms with Crippen LogP contribution >= 0.6 is 0 Å². The number of hydrogen-bond donors (Lipinski definition) is 1. The summed E-state index contributed by atoms with van der Waals surface area (Å²) in [5.41, 5.74) is 0.159. The van der Waals surface area contributed by atoms with Crippen molar-refractivity contribution in [3.8, 4) is 0 Å². The minimum atomic E-state index is -0.352. The lowest BCUT2D eigenvalue weighted by Crippen LogP contribution is -2.38. The number of ether oxygens (including phenoxy) is 1. The standard InChI is InChI=1S/C15H19N3O3/c1-21-11-6-4-10(5-7-11)9-18-14(19)13-12(17-15(18)20)3-2-8-16-13/h2-3,8,10-11H,4-7,9H2,1H3,(H,17,20). The average Bonchev–Trinajstić information content (AvgIpc) is 2.52. The molecule has 0 atom stereocenters. The largest absolute Gasteiger partial charge is 0.381 e. The molecule has 112 valence electrons. The number of aromatic amines is 1. The Morgan fingerprint density at radius 1 is 1.33 bits per heavy atom. The van der Waals surface area contributed by atoms with E-state index in [9.17, 15) is 9.59 Å². The van der Waals surface area contributed by atoms with Crippen molar-refractivity contribution in [2.75, 3.05) is 7.11 Å². The number of nitrogens with zero attached hydrogens (tertiary/aromatic N) is 2. The summed E-state index contributed by atoms with van der Waals surface area (Å²) in [4.78, 5) is 31.3. The van der Waals surface area contributed by atoms with Gasteiger partial charge in [-0.1, -0.05) is 0 Å². The quantitative estimate of drug-likeness (QED) is 0.923. The Labute approximate surface area is 121 Å². The van der Waals surface area contributed by atoms with Crippen LogP contribution < -0.4 is 11.2 Å². The number of hydrogen-bond acceptors (Lipinski definition) is 4. The molecule has 0 bridgehead atoms. The molecule has 1 fully saturated rings. The molecule has 2 aromatic heterocycles. The van der Waals surface area contributed by atoms with E-state index in [1.54, 1.807) is 25.4 Å². The number of H-pyrrole nitrogens is 1. The number of fused-ring (bicyclic) bond motifs is 1. The predicted octanol–water partition coefficient (Wildman–Crippen LogP) is 1.29. The SMILES string of the molecule is COC1CCC(Cn2c(=O)[nH]c3cccnc3c2=O)CC1. The first-order chi connectivity index (χ1) is 10.2. The third-order valence-corrected chi connectivity index (χ3v) is 4.31. The summed E-state index contributed by atoms with van der Waals surface area (Å²) in [6.07, 6.45) is 5.81. The summed E-state index contributed by atoms with van der Waals surface area (Å²) in [6.45, 7) is 0.455.